The summed E-state index contributed by atoms with van der Waals surface area (Å²) in [5, 5.41) is 9.44. The van der Waals surface area contributed by atoms with Crippen LogP contribution in [0, 0.1) is 0 Å². The van der Waals surface area contributed by atoms with Gasteiger partial charge in [0.15, 0.2) is 0 Å². The zero-order valence-electron chi connectivity index (χ0n) is 14.0. The number of anilines is 1. The molecule has 0 saturated carbocycles. The molecule has 0 radical (unpaired) electrons. The summed E-state index contributed by atoms with van der Waals surface area (Å²) in [6.07, 6.45) is 5.82. The lowest BCUT2D eigenvalue weighted by molar-refractivity contribution is 0.419. The van der Waals surface area contributed by atoms with E-state index < -0.39 is 0 Å². The predicted octanol–water partition coefficient (Wildman–Crippen LogP) is 2.76. The van der Waals surface area contributed by atoms with Crippen molar-refractivity contribution in [1.82, 2.24) is 19.7 Å². The molecule has 0 spiro atoms. The molecule has 1 fully saturated rings. The van der Waals surface area contributed by atoms with E-state index >= 15 is 0 Å². The number of pyridine rings is 1. The Kier molecular flexibility index (Phi) is 3.80. The van der Waals surface area contributed by atoms with E-state index in [1.807, 2.05) is 29.9 Å². The maximum Gasteiger partial charge on any atom is 0.145 e. The zero-order valence-corrected chi connectivity index (χ0v) is 14.0. The molecule has 6 nitrogen and oxygen atoms in total. The molecule has 1 saturated heterocycles. The number of aryl methyl sites for hydroxylation is 1. The van der Waals surface area contributed by atoms with Crippen molar-refractivity contribution >= 4 is 16.6 Å². The fraction of sp³-hybridized carbons (Fsp3) is 0.389. The minimum Gasteiger partial charge on any atom is -0.494 e. The highest BCUT2D eigenvalue weighted by molar-refractivity contribution is 5.95. The Hall–Kier alpha value is -2.63. The zero-order chi connectivity index (χ0) is 16.5. The first-order chi connectivity index (χ1) is 11.8. The molecular formula is C18H21N5O. The van der Waals surface area contributed by atoms with Crippen LogP contribution < -0.4 is 9.64 Å². The van der Waals surface area contributed by atoms with Crippen molar-refractivity contribution in [3.63, 3.8) is 0 Å². The Labute approximate surface area is 141 Å². The number of methoxy groups -OCH3 is 1. The van der Waals surface area contributed by atoms with Gasteiger partial charge in [0, 0.05) is 43.3 Å². The maximum absolute atomic E-state index is 5.45. The van der Waals surface area contributed by atoms with Crippen LogP contribution in [0.3, 0.4) is 0 Å². The van der Waals surface area contributed by atoms with Crippen molar-refractivity contribution in [3.05, 3.63) is 42.6 Å². The molecule has 0 atom stereocenters. The number of piperidine rings is 1. The first kappa shape index (κ1) is 14.9. The number of rotatable bonds is 3. The number of fused-ring (bicyclic) bond motifs is 1. The van der Waals surface area contributed by atoms with E-state index in [0.717, 1.165) is 48.4 Å². The Bertz CT molecular complexity index is 851. The predicted molar refractivity (Wildman–Crippen MR) is 93.5 cm³/mol. The summed E-state index contributed by atoms with van der Waals surface area (Å²) in [5.41, 5.74) is 2.16. The molecule has 24 heavy (non-hydrogen) atoms. The topological polar surface area (TPSA) is 56.1 Å². The summed E-state index contributed by atoms with van der Waals surface area (Å²) in [4.78, 5) is 6.94. The number of hydrogen-bond acceptors (Lipinski definition) is 5. The van der Waals surface area contributed by atoms with Gasteiger partial charge in [-0.1, -0.05) is 12.1 Å². The van der Waals surface area contributed by atoms with Crippen molar-refractivity contribution in [1.29, 1.82) is 0 Å². The van der Waals surface area contributed by atoms with Gasteiger partial charge in [-0.2, -0.15) is 0 Å². The van der Waals surface area contributed by atoms with E-state index in [-0.39, 0.29) is 0 Å². The van der Waals surface area contributed by atoms with Crippen LogP contribution >= 0.6 is 0 Å². The summed E-state index contributed by atoms with van der Waals surface area (Å²) < 4.78 is 7.48. The highest BCUT2D eigenvalue weighted by Crippen LogP contribution is 2.34. The monoisotopic (exact) mass is 323 g/mol. The number of aromatic nitrogens is 4. The Morgan fingerprint density at radius 2 is 2.00 bits per heavy atom. The summed E-state index contributed by atoms with van der Waals surface area (Å²) in [5.74, 6) is 2.40. The van der Waals surface area contributed by atoms with E-state index in [0.29, 0.717) is 5.92 Å². The number of ether oxygens (including phenoxy) is 1. The van der Waals surface area contributed by atoms with E-state index in [1.165, 1.54) is 5.69 Å². The van der Waals surface area contributed by atoms with Gasteiger partial charge in [0.05, 0.1) is 7.11 Å². The number of nitrogens with zero attached hydrogens (tertiary/aromatic N) is 5. The van der Waals surface area contributed by atoms with Gasteiger partial charge in [-0.25, -0.2) is 0 Å². The van der Waals surface area contributed by atoms with Gasteiger partial charge in [-0.15, -0.1) is 10.2 Å². The molecule has 3 heterocycles. The molecule has 2 aromatic heterocycles. The largest absolute Gasteiger partial charge is 0.494 e. The molecule has 1 aliphatic rings. The quantitative estimate of drug-likeness (QED) is 0.742. The lowest BCUT2D eigenvalue weighted by Gasteiger charge is -2.33. The number of benzene rings is 1. The van der Waals surface area contributed by atoms with Crippen molar-refractivity contribution in [2.45, 2.75) is 18.8 Å². The van der Waals surface area contributed by atoms with Crippen LogP contribution in [0.2, 0.25) is 0 Å². The molecular weight excluding hydrogens is 302 g/mol. The highest BCUT2D eigenvalue weighted by atomic mass is 16.5. The smallest absolute Gasteiger partial charge is 0.145 e. The Balaban J connectivity index is 1.60. The molecule has 1 aliphatic heterocycles. The third-order valence-electron chi connectivity index (χ3n) is 4.88. The van der Waals surface area contributed by atoms with Crippen LogP contribution in [0.4, 0.5) is 5.69 Å². The van der Waals surface area contributed by atoms with E-state index in [2.05, 4.69) is 32.2 Å². The highest BCUT2D eigenvalue weighted by Gasteiger charge is 2.25. The first-order valence-electron chi connectivity index (χ1n) is 8.28. The van der Waals surface area contributed by atoms with Crippen molar-refractivity contribution in [2.24, 2.45) is 7.05 Å². The van der Waals surface area contributed by atoms with Crippen LogP contribution in [0.1, 0.15) is 24.6 Å². The van der Waals surface area contributed by atoms with Gasteiger partial charge in [-0.3, -0.25) is 4.98 Å². The lowest BCUT2D eigenvalue weighted by atomic mass is 9.95. The fourth-order valence-corrected chi connectivity index (χ4v) is 3.62. The second-order valence-electron chi connectivity index (χ2n) is 6.25. The maximum atomic E-state index is 5.45. The first-order valence-corrected chi connectivity index (χ1v) is 8.28. The van der Waals surface area contributed by atoms with Gasteiger partial charge >= 0.3 is 0 Å². The molecule has 4 rings (SSSR count). The van der Waals surface area contributed by atoms with Crippen molar-refractivity contribution in [3.8, 4) is 5.75 Å². The SMILES string of the molecule is COc1cccc2c(N3CCC(c4nncn4C)CC3)ccnc12. The minimum atomic E-state index is 0.483. The third-order valence-corrected chi connectivity index (χ3v) is 4.88. The summed E-state index contributed by atoms with van der Waals surface area (Å²) in [6.45, 7) is 2.02. The molecule has 124 valence electrons. The molecule has 3 aromatic rings. The van der Waals surface area contributed by atoms with Gasteiger partial charge in [-0.05, 0) is 25.0 Å². The summed E-state index contributed by atoms with van der Waals surface area (Å²) >= 11 is 0. The van der Waals surface area contributed by atoms with Crippen LogP contribution in [0.25, 0.3) is 10.9 Å². The van der Waals surface area contributed by atoms with E-state index in [9.17, 15) is 0 Å². The van der Waals surface area contributed by atoms with Gasteiger partial charge in [0.2, 0.25) is 0 Å². The Morgan fingerprint density at radius 1 is 1.17 bits per heavy atom. The lowest BCUT2D eigenvalue weighted by Crippen LogP contribution is -2.33. The van der Waals surface area contributed by atoms with Crippen LogP contribution in [0.5, 0.6) is 5.75 Å². The molecule has 0 aliphatic carbocycles. The average molecular weight is 323 g/mol. The third kappa shape index (κ3) is 2.48. The van der Waals surface area contributed by atoms with Crippen LogP contribution in [-0.2, 0) is 7.05 Å². The minimum absolute atomic E-state index is 0.483. The summed E-state index contributed by atoms with van der Waals surface area (Å²) in [6, 6.07) is 8.21. The van der Waals surface area contributed by atoms with Crippen molar-refractivity contribution < 1.29 is 4.74 Å². The van der Waals surface area contributed by atoms with Crippen LogP contribution in [0.15, 0.2) is 36.8 Å². The second-order valence-corrected chi connectivity index (χ2v) is 6.25. The van der Waals surface area contributed by atoms with Gasteiger partial charge in [0.1, 0.15) is 23.4 Å². The molecule has 1 aromatic carbocycles. The van der Waals surface area contributed by atoms with E-state index in [1.54, 1.807) is 13.4 Å². The molecule has 6 heteroatoms. The molecule has 0 amide bonds. The molecule has 0 bridgehead atoms. The standard InChI is InChI=1S/C18H21N5O/c1-22-12-20-21-18(22)13-7-10-23(11-8-13)15-6-9-19-17-14(15)4-3-5-16(17)24-2/h3-6,9,12-13H,7-8,10-11H2,1-2H3. The summed E-state index contributed by atoms with van der Waals surface area (Å²) in [7, 11) is 3.71. The number of hydrogen-bond donors (Lipinski definition) is 0. The normalized spacial score (nSPS) is 15.8. The van der Waals surface area contributed by atoms with Gasteiger partial charge < -0.3 is 14.2 Å². The van der Waals surface area contributed by atoms with Crippen molar-refractivity contribution in [2.75, 3.05) is 25.1 Å². The molecule has 0 unspecified atom stereocenters. The van der Waals surface area contributed by atoms with Crippen LogP contribution in [-0.4, -0.2) is 39.9 Å². The fourth-order valence-electron chi connectivity index (χ4n) is 3.62. The average Bonchev–Trinajstić information content (AvgIpc) is 3.07. The Morgan fingerprint density at radius 3 is 2.71 bits per heavy atom. The number of para-hydroxylation sites is 1. The molecule has 0 N–H and O–H groups in total. The second kappa shape index (κ2) is 6.11. The van der Waals surface area contributed by atoms with Gasteiger partial charge in [0.25, 0.3) is 0 Å². The van der Waals surface area contributed by atoms with E-state index in [4.69, 9.17) is 4.74 Å².